The van der Waals surface area contributed by atoms with Gasteiger partial charge >= 0.3 is 6.18 Å². The molecule has 2 aromatic carbocycles. The van der Waals surface area contributed by atoms with Gasteiger partial charge in [-0.25, -0.2) is 4.39 Å². The van der Waals surface area contributed by atoms with E-state index in [0.29, 0.717) is 11.6 Å². The van der Waals surface area contributed by atoms with Crippen molar-refractivity contribution in [1.82, 2.24) is 0 Å². The Hall–Kier alpha value is -1.73. The van der Waals surface area contributed by atoms with Gasteiger partial charge in [0.2, 0.25) is 0 Å². The minimum Gasteiger partial charge on any atom is -0.496 e. The quantitative estimate of drug-likeness (QED) is 0.447. The Bertz CT molecular complexity index is 814. The molecule has 2 radical (unpaired) electrons. The summed E-state index contributed by atoms with van der Waals surface area (Å²) in [7, 11) is 6.76. The molecule has 26 heavy (non-hydrogen) atoms. The van der Waals surface area contributed by atoms with Crippen molar-refractivity contribution in [1.29, 1.82) is 0 Å². The summed E-state index contributed by atoms with van der Waals surface area (Å²) < 4.78 is 58.4. The summed E-state index contributed by atoms with van der Waals surface area (Å²) in [5.41, 5.74) is -0.677. The second-order valence-electron chi connectivity index (χ2n) is 6.16. The van der Waals surface area contributed by atoms with Crippen molar-refractivity contribution in [3.8, 4) is 16.9 Å². The van der Waals surface area contributed by atoms with E-state index < -0.39 is 22.5 Å². The molecule has 1 unspecified atom stereocenters. The van der Waals surface area contributed by atoms with Crippen LogP contribution in [0.5, 0.6) is 5.75 Å². The Morgan fingerprint density at radius 1 is 1.12 bits per heavy atom. The number of methoxy groups -OCH3 is 1. The lowest BCUT2D eigenvalue weighted by Crippen LogP contribution is -2.20. The number of ether oxygens (including phenoxy) is 1. The zero-order valence-electron chi connectivity index (χ0n) is 14.3. The molecule has 0 amide bonds. The van der Waals surface area contributed by atoms with E-state index in [2.05, 4.69) is 0 Å². The third-order valence-corrected chi connectivity index (χ3v) is 4.16. The van der Waals surface area contributed by atoms with Crippen molar-refractivity contribution in [2.45, 2.75) is 30.9 Å². The highest BCUT2D eigenvalue weighted by Crippen LogP contribution is 2.42. The van der Waals surface area contributed by atoms with Crippen molar-refractivity contribution in [3.63, 3.8) is 0 Å². The zero-order valence-corrected chi connectivity index (χ0v) is 15.0. The lowest BCUT2D eigenvalue weighted by molar-refractivity contribution is -0.137. The summed E-state index contributed by atoms with van der Waals surface area (Å²) in [4.78, 5) is -2.56. The van der Waals surface area contributed by atoms with E-state index in [1.54, 1.807) is 13.8 Å². The second-order valence-corrected chi connectivity index (χ2v) is 6.74. The highest BCUT2D eigenvalue weighted by molar-refractivity contribution is 6.43. The van der Waals surface area contributed by atoms with Gasteiger partial charge in [0.15, 0.2) is 0 Å². The lowest BCUT2D eigenvalue weighted by Gasteiger charge is -2.24. The molecule has 2 nitrogen and oxygen atoms in total. The normalized spacial score (nSPS) is 14.4. The number of hydrogen-bond donors (Lipinski definition) is 1. The van der Waals surface area contributed by atoms with Crippen LogP contribution in [-0.4, -0.2) is 20.1 Å². The van der Waals surface area contributed by atoms with E-state index in [4.69, 9.17) is 24.2 Å². The number of hydrogen-bond acceptors (Lipinski definition) is 2. The molecule has 2 aromatic rings. The van der Waals surface area contributed by atoms with Crippen molar-refractivity contribution < 1.29 is 27.4 Å². The summed E-state index contributed by atoms with van der Waals surface area (Å²) in [6.07, 6.45) is -4.65. The maximum atomic E-state index is 14.2. The summed E-state index contributed by atoms with van der Waals surface area (Å²) in [6.45, 7) is 3.53. The number of aliphatic hydroxyl groups is 1. The van der Waals surface area contributed by atoms with E-state index >= 15 is 0 Å². The maximum absolute atomic E-state index is 14.2. The SMILES string of the molecule is [B]C(O)(Cl)c1cc(C(F)(F)F)ccc1-c1cc(C(C)C)c(F)cc1OC. The van der Waals surface area contributed by atoms with Crippen LogP contribution < -0.4 is 4.74 Å². The van der Waals surface area contributed by atoms with Crippen LogP contribution in [0, 0.1) is 5.82 Å². The first-order chi connectivity index (χ1) is 11.9. The molecule has 1 atom stereocenters. The standard InChI is InChI=1S/C18H16BClF4O2/c1-9(2)12-7-13(16(26-3)8-15(12)21)11-5-4-10(18(22,23)24)6-14(11)17(19,20)25/h4-9,25H,1-3H3. The van der Waals surface area contributed by atoms with Gasteiger partial charge in [-0.3, -0.25) is 0 Å². The van der Waals surface area contributed by atoms with Crippen LogP contribution in [-0.2, 0) is 11.1 Å². The molecule has 8 heteroatoms. The minimum atomic E-state index is -4.65. The fourth-order valence-corrected chi connectivity index (χ4v) is 2.80. The first-order valence-electron chi connectivity index (χ1n) is 7.66. The van der Waals surface area contributed by atoms with E-state index in [1.165, 1.54) is 13.2 Å². The average molecular weight is 387 g/mol. The van der Waals surface area contributed by atoms with E-state index in [1.807, 2.05) is 0 Å². The molecule has 0 spiro atoms. The first-order valence-corrected chi connectivity index (χ1v) is 8.03. The largest absolute Gasteiger partial charge is 0.496 e. The molecule has 0 heterocycles. The molecule has 0 aromatic heterocycles. The molecule has 0 fully saturated rings. The van der Waals surface area contributed by atoms with Crippen molar-refractivity contribution in [2.75, 3.05) is 7.11 Å². The fourth-order valence-electron chi connectivity index (χ4n) is 2.64. The van der Waals surface area contributed by atoms with Gasteiger partial charge in [-0.2, -0.15) is 13.2 Å². The predicted molar refractivity (Wildman–Crippen MR) is 93.0 cm³/mol. The average Bonchev–Trinajstić information content (AvgIpc) is 2.52. The van der Waals surface area contributed by atoms with Gasteiger partial charge in [0.05, 0.1) is 12.7 Å². The van der Waals surface area contributed by atoms with Gasteiger partial charge in [0.1, 0.15) is 24.4 Å². The smallest absolute Gasteiger partial charge is 0.416 e. The van der Waals surface area contributed by atoms with Crippen LogP contribution in [0.4, 0.5) is 17.6 Å². The van der Waals surface area contributed by atoms with Gasteiger partial charge in [0, 0.05) is 11.6 Å². The molecular formula is C18H16BClF4O2. The van der Waals surface area contributed by atoms with Gasteiger partial charge < -0.3 is 9.84 Å². The van der Waals surface area contributed by atoms with E-state index in [-0.39, 0.29) is 28.4 Å². The maximum Gasteiger partial charge on any atom is 0.416 e. The molecule has 0 aliphatic rings. The summed E-state index contributed by atoms with van der Waals surface area (Å²) >= 11 is 5.72. The molecule has 0 saturated heterocycles. The van der Waals surface area contributed by atoms with Gasteiger partial charge in [0.25, 0.3) is 0 Å². The first kappa shape index (κ1) is 20.6. The Labute approximate surface area is 155 Å². The van der Waals surface area contributed by atoms with Crippen molar-refractivity contribution in [3.05, 3.63) is 52.8 Å². The number of benzene rings is 2. The third-order valence-electron chi connectivity index (χ3n) is 3.96. The van der Waals surface area contributed by atoms with Crippen LogP contribution in [0.15, 0.2) is 30.3 Å². The Morgan fingerprint density at radius 3 is 2.19 bits per heavy atom. The molecular weight excluding hydrogens is 370 g/mol. The lowest BCUT2D eigenvalue weighted by atomic mass is 9.83. The van der Waals surface area contributed by atoms with Gasteiger partial charge in [-0.15, -0.1) is 0 Å². The Kier molecular flexibility index (Phi) is 5.64. The van der Waals surface area contributed by atoms with Crippen LogP contribution in [0.1, 0.15) is 36.5 Å². The van der Waals surface area contributed by atoms with Crippen molar-refractivity contribution in [2.24, 2.45) is 0 Å². The predicted octanol–water partition coefficient (Wildman–Crippen LogP) is 5.15. The summed E-state index contributed by atoms with van der Waals surface area (Å²) in [5.74, 6) is -0.623. The second kappa shape index (κ2) is 7.12. The van der Waals surface area contributed by atoms with E-state index in [9.17, 15) is 22.7 Å². The number of alkyl halides is 4. The van der Waals surface area contributed by atoms with Gasteiger partial charge in [-0.05, 0) is 40.8 Å². The zero-order chi connectivity index (χ0) is 19.9. The Morgan fingerprint density at radius 2 is 1.73 bits per heavy atom. The highest BCUT2D eigenvalue weighted by atomic mass is 35.5. The molecule has 1 N–H and O–H groups in total. The summed E-state index contributed by atoms with van der Waals surface area (Å²) in [5, 5.41) is 9.98. The van der Waals surface area contributed by atoms with Crippen LogP contribution in [0.3, 0.4) is 0 Å². The molecule has 0 saturated carbocycles. The van der Waals surface area contributed by atoms with Crippen LogP contribution in [0.25, 0.3) is 11.1 Å². The Balaban J connectivity index is 2.81. The van der Waals surface area contributed by atoms with Crippen LogP contribution >= 0.6 is 11.6 Å². The monoisotopic (exact) mass is 386 g/mol. The molecule has 0 aliphatic heterocycles. The molecule has 2 rings (SSSR count). The molecule has 138 valence electrons. The molecule has 0 aliphatic carbocycles. The van der Waals surface area contributed by atoms with Crippen LogP contribution in [0.2, 0.25) is 0 Å². The number of halogens is 5. The minimum absolute atomic E-state index is 0.0776. The topological polar surface area (TPSA) is 29.5 Å². The van der Waals surface area contributed by atoms with Gasteiger partial charge in [-0.1, -0.05) is 31.5 Å². The molecule has 0 bridgehead atoms. The van der Waals surface area contributed by atoms with Crippen molar-refractivity contribution >= 4 is 19.4 Å². The fraction of sp³-hybridized carbons (Fsp3) is 0.333. The number of rotatable bonds is 4. The van der Waals surface area contributed by atoms with E-state index in [0.717, 1.165) is 18.2 Å². The summed E-state index contributed by atoms with van der Waals surface area (Å²) in [6, 6.07) is 5.21. The third kappa shape index (κ3) is 4.15. The highest BCUT2D eigenvalue weighted by Gasteiger charge is 2.34.